The summed E-state index contributed by atoms with van der Waals surface area (Å²) in [6.45, 7) is 1.91. The smallest absolute Gasteiger partial charge is 0.308 e. The average Bonchev–Trinajstić information content (AvgIpc) is 2.33. The third-order valence-corrected chi connectivity index (χ3v) is 3.93. The number of hydrogen-bond donors (Lipinski definition) is 2. The van der Waals surface area contributed by atoms with Gasteiger partial charge in [-0.15, -0.1) is 0 Å². The topological polar surface area (TPSA) is 41.1 Å². The van der Waals surface area contributed by atoms with E-state index < -0.39 is 0 Å². The molecule has 3 nitrogen and oxygen atoms in total. The van der Waals surface area contributed by atoms with Crippen molar-refractivity contribution in [2.75, 3.05) is 10.6 Å². The largest absolute Gasteiger partial charge is 0.323 e. The van der Waals surface area contributed by atoms with Crippen LogP contribution in [0.1, 0.15) is 5.56 Å². The molecule has 0 aromatic heterocycles. The van der Waals surface area contributed by atoms with Crippen molar-refractivity contribution in [1.82, 2.24) is 0 Å². The van der Waals surface area contributed by atoms with Gasteiger partial charge in [0.2, 0.25) is 0 Å². The first-order valence-corrected chi connectivity index (χ1v) is 7.30. The fourth-order valence-corrected chi connectivity index (χ4v) is 2.55. The fourth-order valence-electron chi connectivity index (χ4n) is 1.65. The molecule has 20 heavy (non-hydrogen) atoms. The molecular weight excluding hydrogens is 363 g/mol. The summed E-state index contributed by atoms with van der Waals surface area (Å²) in [4.78, 5) is 11.9. The Kier molecular flexibility index (Phi) is 4.91. The fraction of sp³-hybridized carbons (Fsp3) is 0.0714. The number of carbonyl (C=O) groups excluding carboxylic acids is 1. The summed E-state index contributed by atoms with van der Waals surface area (Å²) < 4.78 is 0.932. The molecule has 0 saturated heterocycles. The molecule has 6 heteroatoms. The summed E-state index contributed by atoms with van der Waals surface area (Å²) in [5.74, 6) is 0. The van der Waals surface area contributed by atoms with Crippen LogP contribution < -0.4 is 10.6 Å². The third-order valence-electron chi connectivity index (χ3n) is 2.64. The highest BCUT2D eigenvalue weighted by molar-refractivity contribution is 9.10. The van der Waals surface area contributed by atoms with E-state index in [0.717, 1.165) is 15.7 Å². The molecule has 2 aromatic rings. The molecule has 0 aliphatic heterocycles. The molecule has 2 N–H and O–H groups in total. The Labute approximate surface area is 135 Å². The SMILES string of the molecule is Cc1c(Br)cccc1NC(=O)Nc1cc(Cl)cc(Cl)c1. The van der Waals surface area contributed by atoms with Crippen molar-refractivity contribution in [3.8, 4) is 0 Å². The molecule has 0 heterocycles. The van der Waals surface area contributed by atoms with Crippen LogP contribution in [0.25, 0.3) is 0 Å². The monoisotopic (exact) mass is 372 g/mol. The van der Waals surface area contributed by atoms with Crippen molar-refractivity contribution in [2.24, 2.45) is 0 Å². The lowest BCUT2D eigenvalue weighted by Gasteiger charge is -2.11. The Hall–Kier alpha value is -1.23. The van der Waals surface area contributed by atoms with Crippen LogP contribution >= 0.6 is 39.1 Å². The molecule has 0 saturated carbocycles. The predicted octanol–water partition coefficient (Wildman–Crippen LogP) is 5.71. The molecule has 0 bridgehead atoms. The number of nitrogens with one attached hydrogen (secondary N) is 2. The van der Waals surface area contributed by atoms with Gasteiger partial charge in [0.25, 0.3) is 0 Å². The van der Waals surface area contributed by atoms with E-state index in [2.05, 4.69) is 26.6 Å². The molecule has 0 aliphatic carbocycles. The Bertz CT molecular complexity index is 641. The van der Waals surface area contributed by atoms with E-state index >= 15 is 0 Å². The summed E-state index contributed by atoms with van der Waals surface area (Å²) in [5.41, 5.74) is 2.21. The number of benzene rings is 2. The van der Waals surface area contributed by atoms with Crippen molar-refractivity contribution in [2.45, 2.75) is 6.92 Å². The number of carbonyl (C=O) groups is 1. The Morgan fingerprint density at radius 2 is 1.75 bits per heavy atom. The summed E-state index contributed by atoms with van der Waals surface area (Å²) in [5, 5.41) is 6.39. The predicted molar refractivity (Wildman–Crippen MR) is 88.0 cm³/mol. The number of rotatable bonds is 2. The van der Waals surface area contributed by atoms with Gasteiger partial charge in [-0.25, -0.2) is 4.79 Å². The van der Waals surface area contributed by atoms with Crippen LogP contribution in [0.5, 0.6) is 0 Å². The summed E-state index contributed by atoms with van der Waals surface area (Å²) in [6.07, 6.45) is 0. The number of anilines is 2. The standard InChI is InChI=1S/C14H11BrCl2N2O/c1-8-12(15)3-2-4-13(8)19-14(20)18-11-6-9(16)5-10(17)7-11/h2-7H,1H3,(H2,18,19,20). The molecule has 0 unspecified atom stereocenters. The van der Waals surface area contributed by atoms with Gasteiger partial charge in [0.05, 0.1) is 0 Å². The normalized spacial score (nSPS) is 10.2. The third kappa shape index (κ3) is 3.88. The van der Waals surface area contributed by atoms with E-state index in [0.29, 0.717) is 15.7 Å². The second-order valence-corrected chi connectivity index (χ2v) is 5.88. The van der Waals surface area contributed by atoms with E-state index in [1.807, 2.05) is 25.1 Å². The highest BCUT2D eigenvalue weighted by Gasteiger charge is 2.07. The molecule has 0 aliphatic rings. The maximum atomic E-state index is 11.9. The molecule has 2 rings (SSSR count). The quantitative estimate of drug-likeness (QED) is 0.695. The van der Waals surface area contributed by atoms with Gasteiger partial charge in [-0.05, 0) is 42.8 Å². The van der Waals surface area contributed by atoms with Crippen molar-refractivity contribution >= 4 is 56.5 Å². The van der Waals surface area contributed by atoms with E-state index in [1.165, 1.54) is 0 Å². The van der Waals surface area contributed by atoms with Crippen LogP contribution in [0.4, 0.5) is 16.2 Å². The van der Waals surface area contributed by atoms with E-state index in [9.17, 15) is 4.79 Å². The van der Waals surface area contributed by atoms with Crippen LogP contribution in [0.15, 0.2) is 40.9 Å². The van der Waals surface area contributed by atoms with Gasteiger partial charge in [0.1, 0.15) is 0 Å². The number of urea groups is 1. The van der Waals surface area contributed by atoms with Gasteiger partial charge in [0, 0.05) is 25.9 Å². The lowest BCUT2D eigenvalue weighted by molar-refractivity contribution is 0.262. The highest BCUT2D eigenvalue weighted by atomic mass is 79.9. The van der Waals surface area contributed by atoms with Gasteiger partial charge in [0.15, 0.2) is 0 Å². The molecule has 2 amide bonds. The van der Waals surface area contributed by atoms with E-state index in [-0.39, 0.29) is 6.03 Å². The zero-order valence-electron chi connectivity index (χ0n) is 10.5. The molecule has 0 atom stereocenters. The Morgan fingerprint density at radius 1 is 1.10 bits per heavy atom. The zero-order valence-corrected chi connectivity index (χ0v) is 13.6. The summed E-state index contributed by atoms with van der Waals surface area (Å²) in [6, 6.07) is 10.1. The van der Waals surface area contributed by atoms with E-state index in [4.69, 9.17) is 23.2 Å². The van der Waals surface area contributed by atoms with E-state index in [1.54, 1.807) is 18.2 Å². The minimum absolute atomic E-state index is 0.357. The number of halogens is 3. The van der Waals surface area contributed by atoms with Crippen molar-refractivity contribution in [1.29, 1.82) is 0 Å². The van der Waals surface area contributed by atoms with Crippen LogP contribution in [0.2, 0.25) is 10.0 Å². The average molecular weight is 374 g/mol. The molecule has 2 aromatic carbocycles. The van der Waals surface area contributed by atoms with Gasteiger partial charge in [-0.3, -0.25) is 0 Å². The zero-order chi connectivity index (χ0) is 14.7. The number of hydrogen-bond acceptors (Lipinski definition) is 1. The lowest BCUT2D eigenvalue weighted by Crippen LogP contribution is -2.20. The Morgan fingerprint density at radius 3 is 2.40 bits per heavy atom. The second-order valence-electron chi connectivity index (χ2n) is 4.15. The van der Waals surface area contributed by atoms with Crippen molar-refractivity contribution < 1.29 is 4.79 Å². The number of amides is 2. The molecule has 0 spiro atoms. The van der Waals surface area contributed by atoms with Gasteiger partial charge >= 0.3 is 6.03 Å². The van der Waals surface area contributed by atoms with Crippen LogP contribution in [0, 0.1) is 6.92 Å². The second kappa shape index (κ2) is 6.48. The van der Waals surface area contributed by atoms with Crippen molar-refractivity contribution in [3.63, 3.8) is 0 Å². The van der Waals surface area contributed by atoms with Gasteiger partial charge in [-0.1, -0.05) is 45.2 Å². The summed E-state index contributed by atoms with van der Waals surface area (Å²) in [7, 11) is 0. The van der Waals surface area contributed by atoms with Crippen LogP contribution in [-0.2, 0) is 0 Å². The first kappa shape index (κ1) is 15.2. The van der Waals surface area contributed by atoms with Crippen molar-refractivity contribution in [3.05, 3.63) is 56.5 Å². The Balaban J connectivity index is 2.11. The maximum Gasteiger partial charge on any atom is 0.323 e. The maximum absolute atomic E-state index is 11.9. The highest BCUT2D eigenvalue weighted by Crippen LogP contribution is 2.25. The molecule has 104 valence electrons. The van der Waals surface area contributed by atoms with Gasteiger partial charge < -0.3 is 10.6 Å². The molecule has 0 radical (unpaired) electrons. The van der Waals surface area contributed by atoms with Gasteiger partial charge in [-0.2, -0.15) is 0 Å². The van der Waals surface area contributed by atoms with Crippen LogP contribution in [-0.4, -0.2) is 6.03 Å². The first-order valence-electron chi connectivity index (χ1n) is 5.75. The molecule has 0 fully saturated rings. The minimum atomic E-state index is -0.357. The lowest BCUT2D eigenvalue weighted by atomic mass is 10.2. The molecular formula is C14H11BrCl2N2O. The summed E-state index contributed by atoms with van der Waals surface area (Å²) >= 11 is 15.2. The first-order chi connectivity index (χ1) is 9.45. The van der Waals surface area contributed by atoms with Crippen LogP contribution in [0.3, 0.4) is 0 Å². The minimum Gasteiger partial charge on any atom is -0.308 e.